The van der Waals surface area contributed by atoms with E-state index in [9.17, 15) is 4.39 Å². The molecule has 1 aromatic heterocycles. The number of hydrogen-bond donors (Lipinski definition) is 1. The van der Waals surface area contributed by atoms with Crippen LogP contribution in [0.1, 0.15) is 33.8 Å². The summed E-state index contributed by atoms with van der Waals surface area (Å²) in [6.45, 7) is 7.01. The zero-order chi connectivity index (χ0) is 14.0. The van der Waals surface area contributed by atoms with Crippen molar-refractivity contribution in [2.45, 2.75) is 26.8 Å². The van der Waals surface area contributed by atoms with Crippen molar-refractivity contribution < 1.29 is 4.39 Å². The van der Waals surface area contributed by atoms with Crippen molar-refractivity contribution >= 4 is 27.3 Å². The molecule has 0 aliphatic heterocycles. The number of hydrogen-bond acceptors (Lipinski definition) is 2. The first-order chi connectivity index (χ1) is 9.02. The van der Waals surface area contributed by atoms with E-state index >= 15 is 0 Å². The molecule has 1 N–H and O–H groups in total. The van der Waals surface area contributed by atoms with E-state index in [1.54, 1.807) is 17.4 Å². The highest BCUT2D eigenvalue weighted by Crippen LogP contribution is 2.36. The summed E-state index contributed by atoms with van der Waals surface area (Å²) >= 11 is 5.34. The zero-order valence-corrected chi connectivity index (χ0v) is 13.7. The lowest BCUT2D eigenvalue weighted by atomic mass is 9.99. The molecular formula is C15H17BrFNS. The fourth-order valence-electron chi connectivity index (χ4n) is 2.17. The van der Waals surface area contributed by atoms with Crippen molar-refractivity contribution in [1.29, 1.82) is 0 Å². The van der Waals surface area contributed by atoms with Gasteiger partial charge in [-0.25, -0.2) is 4.39 Å². The van der Waals surface area contributed by atoms with Crippen LogP contribution in [0.15, 0.2) is 28.7 Å². The standard InChI is InChI=1S/C15H17BrFNS/c1-4-18-14(15-13(16)7-10(3)19-15)12-8-11(17)6-5-9(12)2/h5-8,14,18H,4H2,1-3H3. The Morgan fingerprint density at radius 2 is 2.05 bits per heavy atom. The average molecular weight is 342 g/mol. The Bertz CT molecular complexity index is 580. The van der Waals surface area contributed by atoms with Crippen LogP contribution in [0.25, 0.3) is 0 Å². The number of aryl methyl sites for hydroxylation is 2. The van der Waals surface area contributed by atoms with Gasteiger partial charge in [0.25, 0.3) is 0 Å². The summed E-state index contributed by atoms with van der Waals surface area (Å²) < 4.78 is 14.6. The highest BCUT2D eigenvalue weighted by Gasteiger charge is 2.20. The molecular weight excluding hydrogens is 325 g/mol. The van der Waals surface area contributed by atoms with Crippen molar-refractivity contribution in [2.75, 3.05) is 6.54 Å². The van der Waals surface area contributed by atoms with E-state index in [0.717, 1.165) is 22.1 Å². The molecule has 4 heteroatoms. The highest BCUT2D eigenvalue weighted by molar-refractivity contribution is 9.10. The Morgan fingerprint density at radius 3 is 2.63 bits per heavy atom. The van der Waals surface area contributed by atoms with Gasteiger partial charge in [0.15, 0.2) is 0 Å². The molecule has 0 bridgehead atoms. The Hall–Kier alpha value is -0.710. The highest BCUT2D eigenvalue weighted by atomic mass is 79.9. The molecule has 0 aliphatic rings. The van der Waals surface area contributed by atoms with Crippen LogP contribution in [0.5, 0.6) is 0 Å². The summed E-state index contributed by atoms with van der Waals surface area (Å²) in [5, 5.41) is 3.45. The van der Waals surface area contributed by atoms with Crippen molar-refractivity contribution in [3.8, 4) is 0 Å². The maximum Gasteiger partial charge on any atom is 0.123 e. The van der Waals surface area contributed by atoms with Crippen molar-refractivity contribution in [2.24, 2.45) is 0 Å². The molecule has 0 fully saturated rings. The molecule has 2 aromatic rings. The maximum atomic E-state index is 13.5. The minimum Gasteiger partial charge on any atom is -0.306 e. The fraction of sp³-hybridized carbons (Fsp3) is 0.333. The van der Waals surface area contributed by atoms with E-state index < -0.39 is 0 Å². The van der Waals surface area contributed by atoms with Crippen LogP contribution in [0, 0.1) is 19.7 Å². The first-order valence-electron chi connectivity index (χ1n) is 6.28. The molecule has 0 radical (unpaired) electrons. The van der Waals surface area contributed by atoms with Crippen molar-refractivity contribution in [1.82, 2.24) is 5.32 Å². The SMILES string of the molecule is CCNC(c1cc(F)ccc1C)c1sc(C)cc1Br. The third-order valence-electron chi connectivity index (χ3n) is 3.06. The Balaban J connectivity index is 2.51. The second-order valence-corrected chi connectivity index (χ2v) is 6.70. The topological polar surface area (TPSA) is 12.0 Å². The van der Waals surface area contributed by atoms with Crippen molar-refractivity contribution in [3.63, 3.8) is 0 Å². The van der Waals surface area contributed by atoms with Gasteiger partial charge >= 0.3 is 0 Å². The third-order valence-corrected chi connectivity index (χ3v) is 5.09. The van der Waals surface area contributed by atoms with E-state index in [-0.39, 0.29) is 11.9 Å². The van der Waals surface area contributed by atoms with Crippen LogP contribution in [-0.2, 0) is 0 Å². The summed E-state index contributed by atoms with van der Waals surface area (Å²) in [5.41, 5.74) is 2.11. The largest absolute Gasteiger partial charge is 0.306 e. The summed E-state index contributed by atoms with van der Waals surface area (Å²) in [6, 6.07) is 7.12. The quantitative estimate of drug-likeness (QED) is 0.828. The van der Waals surface area contributed by atoms with Gasteiger partial charge in [-0.2, -0.15) is 0 Å². The van der Waals surface area contributed by atoms with Crippen LogP contribution < -0.4 is 5.32 Å². The molecule has 0 amide bonds. The Kier molecular flexibility index (Phi) is 4.76. The predicted octanol–water partition coefficient (Wildman–Crippen LogP) is 4.97. The molecule has 1 atom stereocenters. The maximum absolute atomic E-state index is 13.5. The van der Waals surface area contributed by atoms with Crippen LogP contribution in [-0.4, -0.2) is 6.54 Å². The molecule has 2 rings (SSSR count). The van der Waals surface area contributed by atoms with Gasteiger partial charge in [-0.15, -0.1) is 11.3 Å². The lowest BCUT2D eigenvalue weighted by molar-refractivity contribution is 0.604. The summed E-state index contributed by atoms with van der Waals surface area (Å²) in [5.74, 6) is -0.187. The van der Waals surface area contributed by atoms with Gasteiger partial charge < -0.3 is 5.32 Å². The van der Waals surface area contributed by atoms with Crippen LogP contribution >= 0.6 is 27.3 Å². The Labute approximate surface area is 126 Å². The average Bonchev–Trinajstić information content (AvgIpc) is 2.69. The monoisotopic (exact) mass is 341 g/mol. The van der Waals surface area contributed by atoms with E-state index in [1.807, 2.05) is 13.0 Å². The molecule has 102 valence electrons. The van der Waals surface area contributed by atoms with E-state index in [1.165, 1.54) is 15.8 Å². The van der Waals surface area contributed by atoms with Crippen LogP contribution in [0.2, 0.25) is 0 Å². The van der Waals surface area contributed by atoms with Gasteiger partial charge in [-0.1, -0.05) is 13.0 Å². The Morgan fingerprint density at radius 1 is 1.32 bits per heavy atom. The van der Waals surface area contributed by atoms with Gasteiger partial charge in [-0.05, 0) is 65.6 Å². The third kappa shape index (κ3) is 3.25. The lowest BCUT2D eigenvalue weighted by Gasteiger charge is -2.20. The fourth-order valence-corrected chi connectivity index (χ4v) is 4.14. The van der Waals surface area contributed by atoms with Gasteiger partial charge in [0, 0.05) is 14.2 Å². The number of thiophene rings is 1. The number of rotatable bonds is 4. The van der Waals surface area contributed by atoms with Gasteiger partial charge in [0.2, 0.25) is 0 Å². The second kappa shape index (κ2) is 6.16. The molecule has 1 unspecified atom stereocenters. The number of benzene rings is 1. The second-order valence-electron chi connectivity index (χ2n) is 4.56. The van der Waals surface area contributed by atoms with Crippen molar-refractivity contribution in [3.05, 3.63) is 55.4 Å². The molecule has 1 aromatic carbocycles. The number of nitrogens with one attached hydrogen (secondary N) is 1. The molecule has 0 saturated heterocycles. The molecule has 0 spiro atoms. The smallest absolute Gasteiger partial charge is 0.123 e. The summed E-state index contributed by atoms with van der Waals surface area (Å²) in [6.07, 6.45) is 0. The zero-order valence-electron chi connectivity index (χ0n) is 11.3. The molecule has 1 heterocycles. The van der Waals surface area contributed by atoms with Gasteiger partial charge in [0.05, 0.1) is 6.04 Å². The lowest BCUT2D eigenvalue weighted by Crippen LogP contribution is -2.22. The van der Waals surface area contributed by atoms with Crippen LogP contribution in [0.4, 0.5) is 4.39 Å². The molecule has 1 nitrogen and oxygen atoms in total. The summed E-state index contributed by atoms with van der Waals surface area (Å²) in [7, 11) is 0. The minimum atomic E-state index is -0.187. The van der Waals surface area contributed by atoms with Crippen LogP contribution in [0.3, 0.4) is 0 Å². The normalized spacial score (nSPS) is 12.7. The molecule has 0 saturated carbocycles. The molecule has 19 heavy (non-hydrogen) atoms. The van der Waals surface area contributed by atoms with Gasteiger partial charge in [-0.3, -0.25) is 0 Å². The summed E-state index contributed by atoms with van der Waals surface area (Å²) in [4.78, 5) is 2.45. The molecule has 0 aliphatic carbocycles. The minimum absolute atomic E-state index is 0.0359. The van der Waals surface area contributed by atoms with E-state index in [2.05, 4.69) is 41.2 Å². The first-order valence-corrected chi connectivity index (χ1v) is 7.89. The first kappa shape index (κ1) is 14.7. The van der Waals surface area contributed by atoms with Gasteiger partial charge in [0.1, 0.15) is 5.82 Å². The predicted molar refractivity (Wildman–Crippen MR) is 83.4 cm³/mol. The number of halogens is 2. The van der Waals surface area contributed by atoms with E-state index in [0.29, 0.717) is 0 Å². The van der Waals surface area contributed by atoms with E-state index in [4.69, 9.17) is 0 Å².